The summed E-state index contributed by atoms with van der Waals surface area (Å²) in [5, 5.41) is 4.01. The number of sulfonamides is 1. The Hall–Kier alpha value is -3.54. The van der Waals surface area contributed by atoms with Gasteiger partial charge in [-0.15, -0.1) is 0 Å². The zero-order chi connectivity index (χ0) is 25.0. The summed E-state index contributed by atoms with van der Waals surface area (Å²) in [5.41, 5.74) is 1.25. The van der Waals surface area contributed by atoms with Crippen LogP contribution in [0.25, 0.3) is 16.6 Å². The third-order valence-corrected chi connectivity index (χ3v) is 7.63. The molecule has 184 valence electrons. The van der Waals surface area contributed by atoms with Gasteiger partial charge in [0, 0.05) is 17.5 Å². The number of rotatable bonds is 6. The van der Waals surface area contributed by atoms with Crippen molar-refractivity contribution < 1.29 is 30.8 Å². The summed E-state index contributed by atoms with van der Waals surface area (Å²) in [5.74, 6) is -1.55. The lowest BCUT2D eigenvalue weighted by Gasteiger charge is -2.22. The highest BCUT2D eigenvalue weighted by Gasteiger charge is 2.56. The van der Waals surface area contributed by atoms with Crippen molar-refractivity contribution >= 4 is 32.4 Å². The zero-order valence-electron chi connectivity index (χ0n) is 18.4. The van der Waals surface area contributed by atoms with E-state index >= 15 is 0 Å². The average Bonchev–Trinajstić information content (AvgIpc) is 3.49. The molecule has 2 aliphatic carbocycles. The molecule has 35 heavy (non-hydrogen) atoms. The maximum absolute atomic E-state index is 13.0. The van der Waals surface area contributed by atoms with E-state index in [1.54, 1.807) is 6.08 Å². The van der Waals surface area contributed by atoms with Crippen LogP contribution in [0.4, 0.5) is 19.0 Å². The molecule has 0 amide bonds. The number of allylic oxidation sites excluding steroid dienone is 3. The predicted molar refractivity (Wildman–Crippen MR) is 121 cm³/mol. The summed E-state index contributed by atoms with van der Waals surface area (Å²) < 4.78 is 78.4. The normalized spacial score (nSPS) is 20.6. The smallest absolute Gasteiger partial charge is 0.392 e. The van der Waals surface area contributed by atoms with Gasteiger partial charge in [0.1, 0.15) is 12.0 Å². The van der Waals surface area contributed by atoms with E-state index in [0.717, 1.165) is 0 Å². The maximum Gasteiger partial charge on any atom is 0.392 e. The number of ether oxygens (including phenoxy) is 1. The minimum atomic E-state index is -4.23. The van der Waals surface area contributed by atoms with Crippen LogP contribution in [-0.2, 0) is 14.8 Å². The predicted octanol–water partition coefficient (Wildman–Crippen LogP) is 4.52. The molecule has 0 bridgehead atoms. The van der Waals surface area contributed by atoms with Crippen molar-refractivity contribution in [3.05, 3.63) is 70.4 Å². The number of hydrogen-bond donors (Lipinski definition) is 1. The molecule has 0 radical (unpaired) electrons. The first-order chi connectivity index (χ1) is 16.6. The van der Waals surface area contributed by atoms with Gasteiger partial charge in [-0.2, -0.15) is 13.2 Å². The van der Waals surface area contributed by atoms with Crippen molar-refractivity contribution in [1.82, 2.24) is 9.72 Å². The van der Waals surface area contributed by atoms with Crippen LogP contribution in [0.5, 0.6) is 0 Å². The highest BCUT2D eigenvalue weighted by atomic mass is 32.2. The van der Waals surface area contributed by atoms with Crippen LogP contribution >= 0.6 is 0 Å². The molecule has 5 rings (SSSR count). The van der Waals surface area contributed by atoms with Crippen LogP contribution in [0.2, 0.25) is 0 Å². The van der Waals surface area contributed by atoms with E-state index in [1.165, 1.54) is 54.3 Å². The Kier molecular flexibility index (Phi) is 5.50. The fraction of sp³-hybridized carbons (Fsp3) is 0.304. The Morgan fingerprint density at radius 3 is 2.63 bits per heavy atom. The van der Waals surface area contributed by atoms with Crippen molar-refractivity contribution in [2.24, 2.45) is 11.8 Å². The van der Waals surface area contributed by atoms with Crippen molar-refractivity contribution in [2.75, 3.05) is 11.8 Å². The van der Waals surface area contributed by atoms with Gasteiger partial charge in [0.05, 0.1) is 29.1 Å². The molecule has 1 N–H and O–H groups in total. The third-order valence-electron chi connectivity index (χ3n) is 6.28. The van der Waals surface area contributed by atoms with Gasteiger partial charge in [0.15, 0.2) is 5.82 Å². The summed E-state index contributed by atoms with van der Waals surface area (Å²) in [6, 6.07) is 8.47. The van der Waals surface area contributed by atoms with Crippen LogP contribution in [0, 0.1) is 11.8 Å². The van der Waals surface area contributed by atoms with Crippen LogP contribution in [0.15, 0.2) is 74.3 Å². The standard InChI is InChI=1S/C23H20F3N3O5S/c1-33-20-11-13(16-12-17(16)23(24,25)26)2-5-19(20)29-18-6-4-15(10-14(18)3-7-22(29)30)35(31,32)28-21-8-9-34-27-21/h3-4,6-11,16-17H,2,5,12H2,1H3,(H,27,28)/t16-,17+/m1/s1. The van der Waals surface area contributed by atoms with Crippen molar-refractivity contribution in [3.63, 3.8) is 0 Å². The number of alkyl halides is 3. The Morgan fingerprint density at radius 2 is 1.97 bits per heavy atom. The molecule has 1 saturated carbocycles. The lowest BCUT2D eigenvalue weighted by Crippen LogP contribution is -2.22. The molecule has 0 aliphatic heterocycles. The lowest BCUT2D eigenvalue weighted by molar-refractivity contribution is -0.150. The van der Waals surface area contributed by atoms with Gasteiger partial charge in [0.25, 0.3) is 15.6 Å². The first kappa shape index (κ1) is 23.2. The van der Waals surface area contributed by atoms with E-state index in [9.17, 15) is 26.4 Å². The van der Waals surface area contributed by atoms with Gasteiger partial charge < -0.3 is 9.26 Å². The highest BCUT2D eigenvalue weighted by Crippen LogP contribution is 2.55. The van der Waals surface area contributed by atoms with Crippen LogP contribution in [0.1, 0.15) is 19.3 Å². The number of halogens is 3. The summed E-state index contributed by atoms with van der Waals surface area (Å²) in [4.78, 5) is 12.8. The molecule has 12 heteroatoms. The average molecular weight is 507 g/mol. The number of pyridine rings is 1. The first-order valence-corrected chi connectivity index (χ1v) is 12.2. The van der Waals surface area contributed by atoms with Crippen LogP contribution in [0.3, 0.4) is 0 Å². The molecule has 2 aliphatic rings. The number of anilines is 1. The number of fused-ring (bicyclic) bond motifs is 1. The van der Waals surface area contributed by atoms with Crippen molar-refractivity contribution in [1.29, 1.82) is 0 Å². The molecule has 1 fully saturated rings. The Bertz CT molecular complexity index is 1520. The summed E-state index contributed by atoms with van der Waals surface area (Å²) in [7, 11) is -2.56. The van der Waals surface area contributed by atoms with E-state index in [1.807, 2.05) is 0 Å². The topological polar surface area (TPSA) is 103 Å². The largest absolute Gasteiger partial charge is 0.495 e. The Balaban J connectivity index is 1.54. The second-order valence-corrected chi connectivity index (χ2v) is 10.1. The molecular weight excluding hydrogens is 487 g/mol. The lowest BCUT2D eigenvalue weighted by atomic mass is 9.96. The van der Waals surface area contributed by atoms with E-state index in [4.69, 9.17) is 4.74 Å². The van der Waals surface area contributed by atoms with Crippen molar-refractivity contribution in [2.45, 2.75) is 30.3 Å². The molecule has 2 aromatic heterocycles. The van der Waals surface area contributed by atoms with Gasteiger partial charge in [-0.05, 0) is 55.5 Å². The van der Waals surface area contributed by atoms with Gasteiger partial charge in [0.2, 0.25) is 0 Å². The molecule has 2 heterocycles. The third kappa shape index (κ3) is 4.33. The number of nitrogens with one attached hydrogen (secondary N) is 1. The molecule has 3 aromatic rings. The minimum absolute atomic E-state index is 0.0261. The molecule has 2 atom stereocenters. The SMILES string of the molecule is COC1=C(n2c(=O)ccc3cc(S(=O)(=O)Nc4ccon4)ccc32)CCC([C@H]2C[C@@H]2C(F)(F)F)=C1. The number of benzene rings is 1. The Morgan fingerprint density at radius 1 is 1.17 bits per heavy atom. The van der Waals surface area contributed by atoms with E-state index in [2.05, 4.69) is 14.4 Å². The molecule has 0 spiro atoms. The number of nitrogens with zero attached hydrogens (tertiary/aromatic N) is 2. The molecule has 0 unspecified atom stereocenters. The van der Waals surface area contributed by atoms with Crippen molar-refractivity contribution in [3.8, 4) is 0 Å². The second-order valence-electron chi connectivity index (χ2n) is 8.44. The van der Waals surface area contributed by atoms with Gasteiger partial charge in [-0.25, -0.2) is 8.42 Å². The van der Waals surface area contributed by atoms with Crippen LogP contribution < -0.4 is 10.3 Å². The maximum atomic E-state index is 13.0. The molecular formula is C23H20F3N3O5S. The summed E-state index contributed by atoms with van der Waals surface area (Å²) >= 11 is 0. The number of methoxy groups -OCH3 is 1. The quantitative estimate of drug-likeness (QED) is 0.526. The Labute approximate surface area is 197 Å². The summed E-state index contributed by atoms with van der Waals surface area (Å²) in [6.45, 7) is 0. The second kappa shape index (κ2) is 8.29. The zero-order valence-corrected chi connectivity index (χ0v) is 19.2. The van der Waals surface area contributed by atoms with E-state index < -0.39 is 28.0 Å². The van der Waals surface area contributed by atoms with Crippen LogP contribution in [-0.4, -0.2) is 31.4 Å². The number of aromatic nitrogens is 2. The van der Waals surface area contributed by atoms with Gasteiger partial charge >= 0.3 is 6.18 Å². The molecule has 0 saturated heterocycles. The van der Waals surface area contributed by atoms with E-state index in [-0.39, 0.29) is 22.7 Å². The van der Waals surface area contributed by atoms with Gasteiger partial charge in [-0.1, -0.05) is 10.7 Å². The molecule has 1 aromatic carbocycles. The van der Waals surface area contributed by atoms with E-state index in [0.29, 0.717) is 40.8 Å². The first-order valence-electron chi connectivity index (χ1n) is 10.7. The molecule has 8 nitrogen and oxygen atoms in total. The fourth-order valence-corrected chi connectivity index (χ4v) is 5.53. The minimum Gasteiger partial charge on any atom is -0.495 e. The monoisotopic (exact) mass is 507 g/mol. The number of hydrogen-bond acceptors (Lipinski definition) is 6. The summed E-state index contributed by atoms with van der Waals surface area (Å²) in [6.07, 6.45) is -0.652. The fourth-order valence-electron chi connectivity index (χ4n) is 4.50. The highest BCUT2D eigenvalue weighted by molar-refractivity contribution is 7.92. The van der Waals surface area contributed by atoms with Gasteiger partial charge in [-0.3, -0.25) is 14.1 Å².